The van der Waals surface area contributed by atoms with E-state index in [2.05, 4.69) is 15.3 Å². The molecule has 0 radical (unpaired) electrons. The van der Waals surface area contributed by atoms with Crippen LogP contribution in [0.4, 0.5) is 11.5 Å². The Kier molecular flexibility index (Phi) is 4.18. The highest BCUT2D eigenvalue weighted by Gasteiger charge is 2.11. The zero-order valence-electron chi connectivity index (χ0n) is 12.2. The summed E-state index contributed by atoms with van der Waals surface area (Å²) < 4.78 is 5.29. The number of aliphatic hydroxyl groups excluding tert-OH is 1. The largest absolute Gasteiger partial charge is 0.508 e. The fraction of sp³-hybridized carbons (Fsp3) is 0.125. The molecule has 0 aliphatic carbocycles. The summed E-state index contributed by atoms with van der Waals surface area (Å²) in [6.07, 6.45) is 1.42. The quantitative estimate of drug-likeness (QED) is 0.636. The molecule has 0 unspecified atom stereocenters. The highest BCUT2D eigenvalue weighted by atomic mass is 35.5. The van der Waals surface area contributed by atoms with Gasteiger partial charge in [-0.1, -0.05) is 11.6 Å². The van der Waals surface area contributed by atoms with Crippen LogP contribution in [-0.4, -0.2) is 27.3 Å². The molecule has 0 spiro atoms. The first-order valence-corrected chi connectivity index (χ1v) is 7.18. The minimum absolute atomic E-state index is 0.0855. The number of phenols is 1. The fourth-order valence-electron chi connectivity index (χ4n) is 2.27. The lowest BCUT2D eigenvalue weighted by Gasteiger charge is -2.12. The standard InChI is InChI=1S/C16H14ClN3O3/c1-23-15-6-11-14(4-9(15)7-21)18-8-19-16(11)20-13-3-2-10(22)5-12(13)17/h2-6,8,21-22H,7H2,1H3,(H,18,19,20). The van der Waals surface area contributed by atoms with Gasteiger partial charge in [0.25, 0.3) is 0 Å². The molecule has 3 rings (SSSR count). The minimum Gasteiger partial charge on any atom is -0.508 e. The van der Waals surface area contributed by atoms with E-state index in [1.54, 1.807) is 18.2 Å². The number of rotatable bonds is 4. The molecule has 7 heteroatoms. The Morgan fingerprint density at radius 3 is 2.74 bits per heavy atom. The summed E-state index contributed by atoms with van der Waals surface area (Å²) in [5, 5.41) is 23.0. The summed E-state index contributed by atoms with van der Waals surface area (Å²) in [5.74, 6) is 1.18. The van der Waals surface area contributed by atoms with Crippen molar-refractivity contribution >= 4 is 34.0 Å². The second kappa shape index (κ2) is 6.28. The van der Waals surface area contributed by atoms with Gasteiger partial charge in [0.2, 0.25) is 0 Å². The molecule has 0 fully saturated rings. The molecule has 0 bridgehead atoms. The van der Waals surface area contributed by atoms with Crippen LogP contribution in [-0.2, 0) is 6.61 Å². The van der Waals surface area contributed by atoms with E-state index in [4.69, 9.17) is 16.3 Å². The molecular weight excluding hydrogens is 318 g/mol. The number of aromatic nitrogens is 2. The van der Waals surface area contributed by atoms with Gasteiger partial charge in [0.1, 0.15) is 23.6 Å². The maximum atomic E-state index is 9.42. The van der Waals surface area contributed by atoms with E-state index in [0.29, 0.717) is 33.4 Å². The second-order valence-corrected chi connectivity index (χ2v) is 5.26. The van der Waals surface area contributed by atoms with Crippen LogP contribution in [0, 0.1) is 0 Å². The van der Waals surface area contributed by atoms with Crippen molar-refractivity contribution in [1.82, 2.24) is 9.97 Å². The van der Waals surface area contributed by atoms with Crippen LogP contribution < -0.4 is 10.1 Å². The van der Waals surface area contributed by atoms with Crippen molar-refractivity contribution in [3.05, 3.63) is 47.2 Å². The summed E-state index contributed by atoms with van der Waals surface area (Å²) >= 11 is 6.11. The number of hydrogen-bond donors (Lipinski definition) is 3. The third kappa shape index (κ3) is 2.99. The van der Waals surface area contributed by atoms with Crippen LogP contribution in [0.25, 0.3) is 10.9 Å². The number of halogens is 1. The number of anilines is 2. The Hall–Kier alpha value is -2.57. The molecule has 0 atom stereocenters. The maximum absolute atomic E-state index is 9.42. The van der Waals surface area contributed by atoms with Gasteiger partial charge in [-0.15, -0.1) is 0 Å². The van der Waals surface area contributed by atoms with E-state index >= 15 is 0 Å². The first-order valence-electron chi connectivity index (χ1n) is 6.80. The second-order valence-electron chi connectivity index (χ2n) is 4.85. The number of benzene rings is 2. The molecule has 0 saturated heterocycles. The molecule has 1 aromatic heterocycles. The molecule has 3 aromatic rings. The highest BCUT2D eigenvalue weighted by molar-refractivity contribution is 6.33. The number of hydrogen-bond acceptors (Lipinski definition) is 6. The summed E-state index contributed by atoms with van der Waals surface area (Å²) in [5.41, 5.74) is 1.92. The Labute approximate surface area is 137 Å². The van der Waals surface area contributed by atoms with E-state index < -0.39 is 0 Å². The van der Waals surface area contributed by atoms with Crippen molar-refractivity contribution in [1.29, 1.82) is 0 Å². The molecule has 0 amide bonds. The summed E-state index contributed by atoms with van der Waals surface area (Å²) in [7, 11) is 1.54. The summed E-state index contributed by atoms with van der Waals surface area (Å²) in [6.45, 7) is -0.143. The monoisotopic (exact) mass is 331 g/mol. The van der Waals surface area contributed by atoms with Crippen molar-refractivity contribution in [2.24, 2.45) is 0 Å². The number of fused-ring (bicyclic) bond motifs is 1. The van der Waals surface area contributed by atoms with Gasteiger partial charge in [0.05, 0.1) is 29.9 Å². The van der Waals surface area contributed by atoms with Crippen molar-refractivity contribution in [3.63, 3.8) is 0 Å². The number of ether oxygens (including phenoxy) is 1. The molecule has 23 heavy (non-hydrogen) atoms. The third-order valence-corrected chi connectivity index (χ3v) is 3.73. The average Bonchev–Trinajstić information content (AvgIpc) is 2.56. The van der Waals surface area contributed by atoms with Crippen molar-refractivity contribution in [3.8, 4) is 11.5 Å². The Balaban J connectivity index is 2.10. The van der Waals surface area contributed by atoms with Gasteiger partial charge in [-0.25, -0.2) is 9.97 Å². The predicted octanol–water partition coefficient (Wildman–Crippen LogP) is 3.23. The smallest absolute Gasteiger partial charge is 0.141 e. The van der Waals surface area contributed by atoms with Crippen molar-refractivity contribution in [2.45, 2.75) is 6.61 Å². The first kappa shape index (κ1) is 15.3. The van der Waals surface area contributed by atoms with Gasteiger partial charge in [0, 0.05) is 17.0 Å². The lowest BCUT2D eigenvalue weighted by Crippen LogP contribution is -1.99. The van der Waals surface area contributed by atoms with E-state index in [-0.39, 0.29) is 12.4 Å². The van der Waals surface area contributed by atoms with Gasteiger partial charge < -0.3 is 20.3 Å². The zero-order chi connectivity index (χ0) is 16.4. The number of aromatic hydroxyl groups is 1. The van der Waals surface area contributed by atoms with Crippen LogP contribution in [0.5, 0.6) is 11.5 Å². The van der Waals surface area contributed by atoms with Gasteiger partial charge in [-0.05, 0) is 24.3 Å². The van der Waals surface area contributed by atoms with Crippen LogP contribution >= 0.6 is 11.6 Å². The molecule has 118 valence electrons. The van der Waals surface area contributed by atoms with Gasteiger partial charge >= 0.3 is 0 Å². The number of aliphatic hydroxyl groups is 1. The Morgan fingerprint density at radius 1 is 1.22 bits per heavy atom. The number of nitrogens with one attached hydrogen (secondary N) is 1. The third-order valence-electron chi connectivity index (χ3n) is 3.41. The van der Waals surface area contributed by atoms with E-state index in [1.165, 1.54) is 25.6 Å². The Morgan fingerprint density at radius 2 is 2.04 bits per heavy atom. The average molecular weight is 332 g/mol. The fourth-order valence-corrected chi connectivity index (χ4v) is 2.49. The number of phenolic OH excluding ortho intramolecular Hbond substituents is 1. The normalized spacial score (nSPS) is 10.7. The molecule has 0 aliphatic heterocycles. The zero-order valence-corrected chi connectivity index (χ0v) is 13.0. The van der Waals surface area contributed by atoms with Crippen LogP contribution in [0.3, 0.4) is 0 Å². The van der Waals surface area contributed by atoms with E-state index in [1.807, 2.05) is 0 Å². The van der Waals surface area contributed by atoms with E-state index in [9.17, 15) is 10.2 Å². The molecule has 2 aromatic carbocycles. The van der Waals surface area contributed by atoms with E-state index in [0.717, 1.165) is 5.39 Å². The van der Waals surface area contributed by atoms with Crippen molar-refractivity contribution < 1.29 is 14.9 Å². The molecule has 3 N–H and O–H groups in total. The Bertz CT molecular complexity index is 871. The molecule has 0 saturated carbocycles. The molecular formula is C16H14ClN3O3. The molecule has 6 nitrogen and oxygen atoms in total. The van der Waals surface area contributed by atoms with Gasteiger partial charge in [-0.2, -0.15) is 0 Å². The topological polar surface area (TPSA) is 87.5 Å². The number of methoxy groups -OCH3 is 1. The number of nitrogens with zero attached hydrogens (tertiary/aromatic N) is 2. The molecule has 0 aliphatic rings. The first-order chi connectivity index (χ1) is 11.1. The SMILES string of the molecule is COc1cc2c(Nc3ccc(O)cc3Cl)ncnc2cc1CO. The lowest BCUT2D eigenvalue weighted by atomic mass is 10.1. The predicted molar refractivity (Wildman–Crippen MR) is 88.4 cm³/mol. The highest BCUT2D eigenvalue weighted by Crippen LogP contribution is 2.33. The van der Waals surface area contributed by atoms with Gasteiger partial charge in [0.15, 0.2) is 0 Å². The maximum Gasteiger partial charge on any atom is 0.141 e. The van der Waals surface area contributed by atoms with Crippen LogP contribution in [0.15, 0.2) is 36.7 Å². The lowest BCUT2D eigenvalue weighted by molar-refractivity contribution is 0.274. The van der Waals surface area contributed by atoms with Crippen LogP contribution in [0.2, 0.25) is 5.02 Å². The van der Waals surface area contributed by atoms with Gasteiger partial charge in [-0.3, -0.25) is 0 Å². The summed E-state index contributed by atoms with van der Waals surface area (Å²) in [4.78, 5) is 8.45. The summed E-state index contributed by atoms with van der Waals surface area (Å²) in [6, 6.07) is 8.14. The molecule has 1 heterocycles. The van der Waals surface area contributed by atoms with Crippen LogP contribution in [0.1, 0.15) is 5.56 Å². The van der Waals surface area contributed by atoms with Crippen molar-refractivity contribution in [2.75, 3.05) is 12.4 Å². The minimum atomic E-state index is -0.143.